The third-order valence-electron chi connectivity index (χ3n) is 0.981. The third kappa shape index (κ3) is 1.85. The molecule has 0 saturated heterocycles. The molecule has 0 aliphatic heterocycles. The van der Waals surface area contributed by atoms with Gasteiger partial charge >= 0.3 is 5.97 Å². The number of hydrogen-bond donors (Lipinski definition) is 1. The molecule has 3 heteroatoms. The Morgan fingerprint density at radius 3 is 3.20 bits per heavy atom. The van der Waals surface area contributed by atoms with Crippen molar-refractivity contribution in [2.75, 3.05) is 0 Å². The van der Waals surface area contributed by atoms with E-state index in [1.807, 2.05) is 0 Å². The maximum Gasteiger partial charge on any atom is 0.309 e. The van der Waals surface area contributed by atoms with Crippen LogP contribution < -0.4 is 0 Å². The zero-order chi connectivity index (χ0) is 8.27. The van der Waals surface area contributed by atoms with Gasteiger partial charge in [0.2, 0.25) is 0 Å². The van der Waals surface area contributed by atoms with Crippen LogP contribution in [0, 0.1) is 0 Å². The molecule has 0 fully saturated rings. The lowest BCUT2D eigenvalue weighted by Crippen LogP contribution is -2.01. The largest absolute Gasteiger partial charge is 0.481 e. The smallest absolute Gasteiger partial charge is 0.309 e. The molecule has 0 atom stereocenters. The van der Waals surface area contributed by atoms with Crippen molar-refractivity contribution in [2.24, 2.45) is 0 Å². The van der Waals surface area contributed by atoms with E-state index in [0.29, 0.717) is 5.69 Å². The second-order valence-corrected chi connectivity index (χ2v) is 1.80. The number of nitrogens with zero attached hydrogens (tertiary/aromatic N) is 1. The first-order chi connectivity index (χ1) is 5.20. The van der Waals surface area contributed by atoms with Gasteiger partial charge in [-0.3, -0.25) is 9.78 Å². The lowest BCUT2D eigenvalue weighted by Gasteiger charge is -1.91. The van der Waals surface area contributed by atoms with Crippen LogP contribution in [0.2, 0.25) is 0 Å². The van der Waals surface area contributed by atoms with Gasteiger partial charge in [-0.05, 0) is 12.1 Å². The Kier molecular flexibility index (Phi) is 1.60. The molecular weight excluding hydrogens is 130 g/mol. The molecule has 1 aromatic rings. The molecular formula is C7H7NO2. The molecule has 0 spiro atoms. The Balaban J connectivity index is 2.86. The SMILES string of the molecule is [2H]c1cccnc1CC(=O)O. The van der Waals surface area contributed by atoms with E-state index >= 15 is 0 Å². The highest BCUT2D eigenvalue weighted by Gasteiger charge is 1.98. The van der Waals surface area contributed by atoms with Crippen molar-refractivity contribution in [3.8, 4) is 0 Å². The van der Waals surface area contributed by atoms with Crippen LogP contribution in [-0.4, -0.2) is 16.1 Å². The highest BCUT2D eigenvalue weighted by molar-refractivity contribution is 5.69. The molecule has 0 unspecified atom stereocenters. The van der Waals surface area contributed by atoms with E-state index < -0.39 is 5.97 Å². The molecule has 52 valence electrons. The molecule has 1 N–H and O–H groups in total. The predicted octanol–water partition coefficient (Wildman–Crippen LogP) is 0.709. The number of pyridine rings is 1. The van der Waals surface area contributed by atoms with Crippen LogP contribution in [0.3, 0.4) is 0 Å². The highest BCUT2D eigenvalue weighted by Crippen LogP contribution is 1.93. The molecule has 0 bridgehead atoms. The van der Waals surface area contributed by atoms with E-state index in [2.05, 4.69) is 4.98 Å². The minimum Gasteiger partial charge on any atom is -0.481 e. The maximum atomic E-state index is 10.2. The molecule has 0 aliphatic carbocycles. The topological polar surface area (TPSA) is 50.2 Å². The Morgan fingerprint density at radius 2 is 2.60 bits per heavy atom. The number of aliphatic carboxylic acids is 1. The summed E-state index contributed by atoms with van der Waals surface area (Å²) in [6, 6.07) is 3.30. The van der Waals surface area contributed by atoms with Gasteiger partial charge in [0, 0.05) is 6.20 Å². The first-order valence-electron chi connectivity index (χ1n) is 3.32. The summed E-state index contributed by atoms with van der Waals surface area (Å²) < 4.78 is 7.24. The van der Waals surface area contributed by atoms with Crippen LogP contribution in [0.25, 0.3) is 0 Å². The van der Waals surface area contributed by atoms with Crippen LogP contribution in [0.15, 0.2) is 24.4 Å². The fraction of sp³-hybridized carbons (Fsp3) is 0.143. The molecule has 0 radical (unpaired) electrons. The van der Waals surface area contributed by atoms with E-state index in [1.54, 1.807) is 6.07 Å². The Hall–Kier alpha value is -1.38. The van der Waals surface area contributed by atoms with Gasteiger partial charge in [0.25, 0.3) is 0 Å². The number of aromatic nitrogens is 1. The van der Waals surface area contributed by atoms with Gasteiger partial charge in [-0.2, -0.15) is 0 Å². The summed E-state index contributed by atoms with van der Waals surface area (Å²) in [6.07, 6.45) is 1.30. The minimum atomic E-state index is -0.961. The molecule has 1 aromatic heterocycles. The van der Waals surface area contributed by atoms with Crippen molar-refractivity contribution in [3.05, 3.63) is 30.1 Å². The quantitative estimate of drug-likeness (QED) is 0.654. The molecule has 0 aromatic carbocycles. The van der Waals surface area contributed by atoms with Crippen LogP contribution in [0.1, 0.15) is 7.06 Å². The highest BCUT2D eigenvalue weighted by atomic mass is 16.4. The van der Waals surface area contributed by atoms with Gasteiger partial charge in [0.05, 0.1) is 13.5 Å². The Bertz CT molecular complexity index is 275. The number of carbonyl (C=O) groups is 1. The van der Waals surface area contributed by atoms with Gasteiger partial charge in [-0.25, -0.2) is 0 Å². The van der Waals surface area contributed by atoms with Gasteiger partial charge in [0.15, 0.2) is 0 Å². The predicted molar refractivity (Wildman–Crippen MR) is 35.6 cm³/mol. The summed E-state index contributed by atoms with van der Waals surface area (Å²) in [4.78, 5) is 13.9. The normalized spacial score (nSPS) is 10.6. The lowest BCUT2D eigenvalue weighted by atomic mass is 10.3. The summed E-state index contributed by atoms with van der Waals surface area (Å²) in [6.45, 7) is 0. The van der Waals surface area contributed by atoms with Crippen molar-refractivity contribution in [1.82, 2.24) is 4.98 Å². The first kappa shape index (κ1) is 5.41. The molecule has 1 heterocycles. The molecule has 10 heavy (non-hydrogen) atoms. The average molecular weight is 138 g/mol. The molecule has 3 nitrogen and oxygen atoms in total. The lowest BCUT2D eigenvalue weighted by molar-refractivity contribution is -0.136. The number of rotatable bonds is 2. The number of hydrogen-bond acceptors (Lipinski definition) is 2. The van der Waals surface area contributed by atoms with Gasteiger partial charge in [-0.1, -0.05) is 6.07 Å². The standard InChI is InChI=1S/C7H7NO2/c9-7(10)5-6-3-1-2-4-8-6/h1-4H,5H2,(H,9,10)/i3D. The summed E-state index contributed by atoms with van der Waals surface area (Å²) in [7, 11) is 0. The molecule has 0 amide bonds. The first-order valence-corrected chi connectivity index (χ1v) is 2.82. The van der Waals surface area contributed by atoms with E-state index in [0.717, 1.165) is 0 Å². The summed E-state index contributed by atoms with van der Waals surface area (Å²) in [5.41, 5.74) is 0.306. The van der Waals surface area contributed by atoms with Crippen LogP contribution >= 0.6 is 0 Å². The van der Waals surface area contributed by atoms with Gasteiger partial charge in [0.1, 0.15) is 0 Å². The van der Waals surface area contributed by atoms with Crippen molar-refractivity contribution < 1.29 is 11.3 Å². The molecule has 1 rings (SSSR count). The number of carboxylic acid groups (broad SMARTS) is 1. The molecule has 0 saturated carbocycles. The van der Waals surface area contributed by atoms with Crippen LogP contribution in [0.5, 0.6) is 0 Å². The van der Waals surface area contributed by atoms with E-state index in [-0.39, 0.29) is 12.5 Å². The second-order valence-electron chi connectivity index (χ2n) is 1.80. The minimum absolute atomic E-state index is 0.176. The van der Waals surface area contributed by atoms with E-state index in [9.17, 15) is 4.79 Å². The van der Waals surface area contributed by atoms with Gasteiger partial charge < -0.3 is 5.11 Å². The Labute approximate surface area is 59.7 Å². The summed E-state index contributed by atoms with van der Waals surface area (Å²) >= 11 is 0. The van der Waals surface area contributed by atoms with E-state index in [4.69, 9.17) is 6.48 Å². The van der Waals surface area contributed by atoms with Crippen LogP contribution in [-0.2, 0) is 11.2 Å². The van der Waals surface area contributed by atoms with E-state index in [1.165, 1.54) is 12.3 Å². The summed E-state index contributed by atoms with van der Waals surface area (Å²) in [5.74, 6) is -0.961. The zero-order valence-corrected chi connectivity index (χ0v) is 5.24. The van der Waals surface area contributed by atoms with Crippen LogP contribution in [0.4, 0.5) is 0 Å². The third-order valence-corrected chi connectivity index (χ3v) is 0.981. The molecule has 0 aliphatic rings. The second kappa shape index (κ2) is 2.96. The van der Waals surface area contributed by atoms with Crippen molar-refractivity contribution in [3.63, 3.8) is 0 Å². The van der Waals surface area contributed by atoms with Gasteiger partial charge in [-0.15, -0.1) is 0 Å². The van der Waals surface area contributed by atoms with Crippen molar-refractivity contribution in [1.29, 1.82) is 0 Å². The maximum absolute atomic E-state index is 10.2. The number of carboxylic acids is 1. The van der Waals surface area contributed by atoms with Crippen molar-refractivity contribution in [2.45, 2.75) is 6.42 Å². The Morgan fingerprint density at radius 1 is 1.80 bits per heavy atom. The average Bonchev–Trinajstić information content (AvgIpc) is 1.93. The summed E-state index contributed by atoms with van der Waals surface area (Å²) in [5, 5.41) is 8.37. The fourth-order valence-corrected chi connectivity index (χ4v) is 0.598. The van der Waals surface area contributed by atoms with Crippen molar-refractivity contribution >= 4 is 5.97 Å². The zero-order valence-electron chi connectivity index (χ0n) is 6.24. The fourth-order valence-electron chi connectivity index (χ4n) is 0.598. The monoisotopic (exact) mass is 138 g/mol.